The van der Waals surface area contributed by atoms with E-state index in [2.05, 4.69) is 5.32 Å². The summed E-state index contributed by atoms with van der Waals surface area (Å²) >= 11 is 0. The summed E-state index contributed by atoms with van der Waals surface area (Å²) in [7, 11) is 1.61. The van der Waals surface area contributed by atoms with E-state index >= 15 is 0 Å². The van der Waals surface area contributed by atoms with E-state index in [4.69, 9.17) is 9.47 Å². The number of hydrogen-bond donors (Lipinski definition) is 1. The predicted molar refractivity (Wildman–Crippen MR) is 62.7 cm³/mol. The highest BCUT2D eigenvalue weighted by Crippen LogP contribution is 2.17. The molecule has 1 aromatic rings. The lowest BCUT2D eigenvalue weighted by Gasteiger charge is -2.14. The second-order valence-electron chi connectivity index (χ2n) is 3.35. The van der Waals surface area contributed by atoms with E-state index in [-0.39, 0.29) is 12.0 Å². The molecule has 1 rings (SSSR count). The SMILES string of the molecule is CCOC(=O)C(C)Nc1cccc(OC)c1. The molecule has 0 bridgehead atoms. The van der Waals surface area contributed by atoms with Gasteiger partial charge in [-0.1, -0.05) is 6.07 Å². The van der Waals surface area contributed by atoms with Gasteiger partial charge in [0, 0.05) is 11.8 Å². The highest BCUT2D eigenvalue weighted by atomic mass is 16.5. The molecule has 0 spiro atoms. The highest BCUT2D eigenvalue weighted by Gasteiger charge is 2.13. The van der Waals surface area contributed by atoms with Gasteiger partial charge in [0.2, 0.25) is 0 Å². The number of nitrogens with one attached hydrogen (secondary N) is 1. The zero-order valence-corrected chi connectivity index (χ0v) is 9.82. The Hall–Kier alpha value is -1.71. The number of carbonyl (C=O) groups is 1. The standard InChI is InChI=1S/C12H17NO3/c1-4-16-12(14)9(2)13-10-6-5-7-11(8-10)15-3/h5-9,13H,4H2,1-3H3. The second-order valence-corrected chi connectivity index (χ2v) is 3.35. The fraction of sp³-hybridized carbons (Fsp3) is 0.417. The van der Waals surface area contributed by atoms with E-state index in [0.29, 0.717) is 6.61 Å². The summed E-state index contributed by atoms with van der Waals surface area (Å²) in [5, 5.41) is 3.05. The van der Waals surface area contributed by atoms with Crippen LogP contribution >= 0.6 is 0 Å². The molecule has 0 saturated heterocycles. The van der Waals surface area contributed by atoms with Gasteiger partial charge in [-0.15, -0.1) is 0 Å². The van der Waals surface area contributed by atoms with Gasteiger partial charge < -0.3 is 14.8 Å². The molecular weight excluding hydrogens is 206 g/mol. The molecule has 1 N–H and O–H groups in total. The fourth-order valence-electron chi connectivity index (χ4n) is 1.29. The van der Waals surface area contributed by atoms with Crippen molar-refractivity contribution in [3.63, 3.8) is 0 Å². The van der Waals surface area contributed by atoms with E-state index < -0.39 is 0 Å². The molecular formula is C12H17NO3. The number of hydrogen-bond acceptors (Lipinski definition) is 4. The van der Waals surface area contributed by atoms with Crippen molar-refractivity contribution in [3.8, 4) is 5.75 Å². The first kappa shape index (κ1) is 12.4. The number of esters is 1. The zero-order chi connectivity index (χ0) is 12.0. The van der Waals surface area contributed by atoms with E-state index in [1.807, 2.05) is 24.3 Å². The van der Waals surface area contributed by atoms with Crippen LogP contribution in [0.4, 0.5) is 5.69 Å². The minimum absolute atomic E-state index is 0.259. The van der Waals surface area contributed by atoms with Crippen LogP contribution in [0, 0.1) is 0 Å². The molecule has 0 fully saturated rings. The second kappa shape index (κ2) is 6.00. The van der Waals surface area contributed by atoms with Crippen LogP contribution in [0.1, 0.15) is 13.8 Å². The van der Waals surface area contributed by atoms with Crippen molar-refractivity contribution in [1.29, 1.82) is 0 Å². The summed E-state index contributed by atoms with van der Waals surface area (Å²) in [6, 6.07) is 7.04. The van der Waals surface area contributed by atoms with Crippen LogP contribution < -0.4 is 10.1 Å². The largest absolute Gasteiger partial charge is 0.497 e. The molecule has 0 amide bonds. The number of rotatable bonds is 5. The van der Waals surface area contributed by atoms with Crippen molar-refractivity contribution in [1.82, 2.24) is 0 Å². The molecule has 4 heteroatoms. The van der Waals surface area contributed by atoms with Gasteiger partial charge in [-0.05, 0) is 26.0 Å². The molecule has 0 aliphatic heterocycles. The summed E-state index contributed by atoms with van der Waals surface area (Å²) in [6.07, 6.45) is 0. The highest BCUT2D eigenvalue weighted by molar-refractivity contribution is 5.78. The van der Waals surface area contributed by atoms with Gasteiger partial charge in [0.15, 0.2) is 0 Å². The minimum Gasteiger partial charge on any atom is -0.497 e. The zero-order valence-electron chi connectivity index (χ0n) is 9.82. The van der Waals surface area contributed by atoms with Gasteiger partial charge in [-0.2, -0.15) is 0 Å². The molecule has 1 atom stereocenters. The molecule has 0 aliphatic rings. The maximum atomic E-state index is 11.4. The summed E-state index contributed by atoms with van der Waals surface area (Å²) in [4.78, 5) is 11.4. The lowest BCUT2D eigenvalue weighted by molar-refractivity contribution is -0.143. The normalized spacial score (nSPS) is 11.7. The smallest absolute Gasteiger partial charge is 0.328 e. The Morgan fingerprint density at radius 2 is 2.25 bits per heavy atom. The lowest BCUT2D eigenvalue weighted by atomic mass is 10.2. The molecule has 16 heavy (non-hydrogen) atoms. The third kappa shape index (κ3) is 3.46. The van der Waals surface area contributed by atoms with Crippen molar-refractivity contribution in [3.05, 3.63) is 24.3 Å². The Balaban J connectivity index is 2.61. The van der Waals surface area contributed by atoms with Crippen LogP contribution in [0.15, 0.2) is 24.3 Å². The third-order valence-corrected chi connectivity index (χ3v) is 2.09. The molecule has 0 aliphatic carbocycles. The fourth-order valence-corrected chi connectivity index (χ4v) is 1.29. The molecule has 88 valence electrons. The first-order chi connectivity index (χ1) is 7.67. The molecule has 1 aromatic carbocycles. The van der Waals surface area contributed by atoms with Gasteiger partial charge in [-0.25, -0.2) is 4.79 Å². The summed E-state index contributed by atoms with van der Waals surface area (Å²) in [6.45, 7) is 3.94. The van der Waals surface area contributed by atoms with Crippen molar-refractivity contribution in [2.45, 2.75) is 19.9 Å². The first-order valence-corrected chi connectivity index (χ1v) is 5.24. The maximum absolute atomic E-state index is 11.4. The molecule has 4 nitrogen and oxygen atoms in total. The average Bonchev–Trinajstić information content (AvgIpc) is 2.29. The van der Waals surface area contributed by atoms with Crippen LogP contribution in [0.25, 0.3) is 0 Å². The van der Waals surface area contributed by atoms with E-state index in [0.717, 1.165) is 11.4 Å². The van der Waals surface area contributed by atoms with Gasteiger partial charge in [0.05, 0.1) is 13.7 Å². The van der Waals surface area contributed by atoms with Gasteiger partial charge in [0.1, 0.15) is 11.8 Å². The minimum atomic E-state index is -0.368. The number of anilines is 1. The van der Waals surface area contributed by atoms with Crippen LogP contribution in [0.2, 0.25) is 0 Å². The van der Waals surface area contributed by atoms with Crippen molar-refractivity contribution >= 4 is 11.7 Å². The topological polar surface area (TPSA) is 47.6 Å². The van der Waals surface area contributed by atoms with E-state index in [1.165, 1.54) is 0 Å². The van der Waals surface area contributed by atoms with Gasteiger partial charge >= 0.3 is 5.97 Å². The van der Waals surface area contributed by atoms with Crippen LogP contribution in [-0.4, -0.2) is 25.7 Å². The molecule has 0 radical (unpaired) electrons. The van der Waals surface area contributed by atoms with Crippen molar-refractivity contribution < 1.29 is 14.3 Å². The molecule has 0 heterocycles. The Bertz CT molecular complexity index is 352. The molecule has 0 aromatic heterocycles. The van der Waals surface area contributed by atoms with E-state index in [1.54, 1.807) is 21.0 Å². The number of carbonyl (C=O) groups excluding carboxylic acids is 1. The molecule has 1 unspecified atom stereocenters. The Morgan fingerprint density at radius 1 is 1.50 bits per heavy atom. The Labute approximate surface area is 95.6 Å². The van der Waals surface area contributed by atoms with Crippen LogP contribution in [0.5, 0.6) is 5.75 Å². The van der Waals surface area contributed by atoms with Crippen molar-refractivity contribution in [2.24, 2.45) is 0 Å². The van der Waals surface area contributed by atoms with Gasteiger partial charge in [0.25, 0.3) is 0 Å². The quantitative estimate of drug-likeness (QED) is 0.776. The Kier molecular flexibility index (Phi) is 4.64. The third-order valence-electron chi connectivity index (χ3n) is 2.09. The monoisotopic (exact) mass is 223 g/mol. The van der Waals surface area contributed by atoms with Crippen molar-refractivity contribution in [2.75, 3.05) is 19.0 Å². The Morgan fingerprint density at radius 3 is 2.88 bits per heavy atom. The van der Waals surface area contributed by atoms with Crippen LogP contribution in [-0.2, 0) is 9.53 Å². The van der Waals surface area contributed by atoms with Gasteiger partial charge in [-0.3, -0.25) is 0 Å². The number of benzene rings is 1. The van der Waals surface area contributed by atoms with Crippen LogP contribution in [0.3, 0.4) is 0 Å². The number of ether oxygens (including phenoxy) is 2. The number of methoxy groups -OCH3 is 1. The predicted octanol–water partition coefficient (Wildman–Crippen LogP) is 2.06. The lowest BCUT2D eigenvalue weighted by Crippen LogP contribution is -2.28. The summed E-state index contributed by atoms with van der Waals surface area (Å²) in [5.74, 6) is 0.492. The van der Waals surface area contributed by atoms with E-state index in [9.17, 15) is 4.79 Å². The first-order valence-electron chi connectivity index (χ1n) is 5.24. The maximum Gasteiger partial charge on any atom is 0.328 e. The average molecular weight is 223 g/mol. The summed E-state index contributed by atoms with van der Waals surface area (Å²) in [5.41, 5.74) is 0.833. The summed E-state index contributed by atoms with van der Waals surface area (Å²) < 4.78 is 9.99. The molecule has 0 saturated carbocycles.